The van der Waals surface area contributed by atoms with E-state index in [0.717, 1.165) is 0 Å². The number of fused-ring (bicyclic) bond motifs is 1. The van der Waals surface area contributed by atoms with Crippen molar-refractivity contribution >= 4 is 16.3 Å². The number of aromatic nitrogens is 4. The van der Waals surface area contributed by atoms with Crippen LogP contribution in [-0.2, 0) is 6.54 Å². The van der Waals surface area contributed by atoms with Crippen molar-refractivity contribution in [3.8, 4) is 0 Å². The van der Waals surface area contributed by atoms with Crippen LogP contribution < -0.4 is 10.9 Å². The van der Waals surface area contributed by atoms with Gasteiger partial charge >= 0.3 is 0 Å². The van der Waals surface area contributed by atoms with E-state index < -0.39 is 0 Å². The summed E-state index contributed by atoms with van der Waals surface area (Å²) in [5, 5.41) is 9.02. The van der Waals surface area contributed by atoms with E-state index in [0.29, 0.717) is 28.9 Å². The molecular formula is C14H17N5O2S. The summed E-state index contributed by atoms with van der Waals surface area (Å²) in [4.78, 5) is 21.4. The van der Waals surface area contributed by atoms with Crippen LogP contribution in [0.4, 0.5) is 0 Å². The molecule has 0 unspecified atom stereocenters. The lowest BCUT2D eigenvalue weighted by atomic mass is 10.0. The molecule has 8 heteroatoms. The van der Waals surface area contributed by atoms with Crippen LogP contribution in [0.3, 0.4) is 0 Å². The van der Waals surface area contributed by atoms with Crippen molar-refractivity contribution in [2.24, 2.45) is 5.92 Å². The molecule has 3 heterocycles. The first-order chi connectivity index (χ1) is 10.5. The summed E-state index contributed by atoms with van der Waals surface area (Å²) in [5.74, 6) is 1.44. The van der Waals surface area contributed by atoms with E-state index in [-0.39, 0.29) is 17.5 Å². The number of hydrogen-bond acceptors (Lipinski definition) is 7. The second-order valence-corrected chi connectivity index (χ2v) is 6.30. The lowest BCUT2D eigenvalue weighted by Gasteiger charge is -2.18. The smallest absolute Gasteiger partial charge is 0.258 e. The molecule has 0 aliphatic rings. The fraction of sp³-hybridized carbons (Fsp3) is 0.429. The Balaban J connectivity index is 1.80. The van der Waals surface area contributed by atoms with Crippen LogP contribution in [0.5, 0.6) is 0 Å². The maximum absolute atomic E-state index is 12.0. The molecule has 1 N–H and O–H groups in total. The first-order valence-electron chi connectivity index (χ1n) is 7.04. The topological polar surface area (TPSA) is 85.3 Å². The maximum Gasteiger partial charge on any atom is 0.258 e. The zero-order valence-corrected chi connectivity index (χ0v) is 13.4. The van der Waals surface area contributed by atoms with E-state index >= 15 is 0 Å². The molecule has 0 bridgehead atoms. The average molecular weight is 319 g/mol. The fourth-order valence-corrected chi connectivity index (χ4v) is 2.98. The van der Waals surface area contributed by atoms with Gasteiger partial charge in [0.2, 0.25) is 5.89 Å². The van der Waals surface area contributed by atoms with Gasteiger partial charge in [0.15, 0.2) is 10.8 Å². The molecule has 0 aliphatic carbocycles. The van der Waals surface area contributed by atoms with Gasteiger partial charge in [0, 0.05) is 24.2 Å². The van der Waals surface area contributed by atoms with Gasteiger partial charge in [-0.05, 0) is 12.8 Å². The molecular weight excluding hydrogens is 302 g/mol. The van der Waals surface area contributed by atoms with Crippen LogP contribution in [0.2, 0.25) is 0 Å². The number of nitrogens with one attached hydrogen (secondary N) is 1. The summed E-state index contributed by atoms with van der Waals surface area (Å²) in [6.45, 7) is 6.40. The Hall–Kier alpha value is -2.06. The van der Waals surface area contributed by atoms with E-state index in [1.54, 1.807) is 19.2 Å². The van der Waals surface area contributed by atoms with Crippen LogP contribution in [0.25, 0.3) is 4.96 Å². The minimum absolute atomic E-state index is 0.0715. The predicted molar refractivity (Wildman–Crippen MR) is 82.8 cm³/mol. The molecule has 0 fully saturated rings. The molecule has 0 aromatic carbocycles. The summed E-state index contributed by atoms with van der Waals surface area (Å²) >= 11 is 1.44. The highest BCUT2D eigenvalue weighted by atomic mass is 32.1. The SMILES string of the molecule is Cc1noc([C@@H](NCc2cc(=O)n3ccsc3n2)C(C)C)n1. The van der Waals surface area contributed by atoms with Crippen molar-refractivity contribution in [2.45, 2.75) is 33.4 Å². The summed E-state index contributed by atoms with van der Waals surface area (Å²) in [7, 11) is 0. The molecule has 0 spiro atoms. The Morgan fingerprint density at radius 1 is 1.41 bits per heavy atom. The Morgan fingerprint density at radius 3 is 2.91 bits per heavy atom. The molecule has 22 heavy (non-hydrogen) atoms. The molecule has 116 valence electrons. The number of thiazole rings is 1. The average Bonchev–Trinajstić information content (AvgIpc) is 3.08. The molecule has 0 radical (unpaired) electrons. The molecule has 0 aliphatic heterocycles. The first kappa shape index (κ1) is 14.9. The third-order valence-corrected chi connectivity index (χ3v) is 4.09. The van der Waals surface area contributed by atoms with Crippen molar-refractivity contribution in [2.75, 3.05) is 0 Å². The lowest BCUT2D eigenvalue weighted by Crippen LogP contribution is -2.27. The normalized spacial score (nSPS) is 13.1. The van der Waals surface area contributed by atoms with Crippen molar-refractivity contribution in [3.05, 3.63) is 45.4 Å². The van der Waals surface area contributed by atoms with Gasteiger partial charge in [0.25, 0.3) is 5.56 Å². The minimum Gasteiger partial charge on any atom is -0.338 e. The number of nitrogens with zero attached hydrogens (tertiary/aromatic N) is 4. The summed E-state index contributed by atoms with van der Waals surface area (Å²) < 4.78 is 6.79. The van der Waals surface area contributed by atoms with Gasteiger partial charge in [-0.1, -0.05) is 19.0 Å². The standard InChI is InChI=1S/C14H17N5O2S/c1-8(2)12(13-16-9(3)18-21-13)15-7-10-6-11(20)19-4-5-22-14(19)17-10/h4-6,8,12,15H,7H2,1-3H3/t12-/m0/s1. The quantitative estimate of drug-likeness (QED) is 0.773. The van der Waals surface area contributed by atoms with Crippen LogP contribution in [0, 0.1) is 12.8 Å². The van der Waals surface area contributed by atoms with Gasteiger partial charge < -0.3 is 4.52 Å². The molecule has 0 saturated heterocycles. The zero-order chi connectivity index (χ0) is 15.7. The van der Waals surface area contributed by atoms with Gasteiger partial charge in [-0.2, -0.15) is 4.98 Å². The van der Waals surface area contributed by atoms with Crippen molar-refractivity contribution in [1.82, 2.24) is 24.8 Å². The van der Waals surface area contributed by atoms with Crippen molar-refractivity contribution in [3.63, 3.8) is 0 Å². The van der Waals surface area contributed by atoms with Gasteiger partial charge in [-0.25, -0.2) is 4.98 Å². The van der Waals surface area contributed by atoms with E-state index in [1.807, 2.05) is 5.38 Å². The lowest BCUT2D eigenvalue weighted by molar-refractivity contribution is 0.286. The minimum atomic E-state index is -0.0789. The van der Waals surface area contributed by atoms with Gasteiger partial charge in [0.05, 0.1) is 11.7 Å². The number of rotatable bonds is 5. The molecule has 3 aromatic heterocycles. The van der Waals surface area contributed by atoms with Gasteiger partial charge in [-0.15, -0.1) is 11.3 Å². The fourth-order valence-electron chi connectivity index (χ4n) is 2.24. The van der Waals surface area contributed by atoms with Gasteiger partial charge in [0.1, 0.15) is 0 Å². The second kappa shape index (κ2) is 5.98. The van der Waals surface area contributed by atoms with Crippen LogP contribution in [0.15, 0.2) is 27.0 Å². The zero-order valence-electron chi connectivity index (χ0n) is 12.6. The monoisotopic (exact) mass is 319 g/mol. The molecule has 0 amide bonds. The molecule has 7 nitrogen and oxygen atoms in total. The van der Waals surface area contributed by atoms with Crippen molar-refractivity contribution in [1.29, 1.82) is 0 Å². The highest BCUT2D eigenvalue weighted by molar-refractivity contribution is 7.15. The summed E-state index contributed by atoms with van der Waals surface area (Å²) in [5.41, 5.74) is 0.632. The second-order valence-electron chi connectivity index (χ2n) is 5.42. The van der Waals surface area contributed by atoms with Crippen LogP contribution >= 0.6 is 11.3 Å². The highest BCUT2D eigenvalue weighted by Gasteiger charge is 2.21. The Bertz CT molecular complexity index is 835. The summed E-state index contributed by atoms with van der Waals surface area (Å²) in [6, 6.07) is 1.47. The van der Waals surface area contributed by atoms with E-state index in [9.17, 15) is 4.79 Å². The molecule has 3 rings (SSSR count). The van der Waals surface area contributed by atoms with Crippen molar-refractivity contribution < 1.29 is 4.52 Å². The largest absolute Gasteiger partial charge is 0.338 e. The Kier molecular flexibility index (Phi) is 4.04. The molecule has 0 saturated carbocycles. The van der Waals surface area contributed by atoms with E-state index in [1.165, 1.54) is 15.7 Å². The predicted octanol–water partition coefficient (Wildman–Crippen LogP) is 1.93. The van der Waals surface area contributed by atoms with E-state index in [4.69, 9.17) is 4.52 Å². The van der Waals surface area contributed by atoms with Gasteiger partial charge in [-0.3, -0.25) is 14.5 Å². The third kappa shape index (κ3) is 2.93. The third-order valence-electron chi connectivity index (χ3n) is 3.34. The molecule has 3 aromatic rings. The number of aryl methyl sites for hydroxylation is 1. The maximum atomic E-state index is 12.0. The van der Waals surface area contributed by atoms with E-state index in [2.05, 4.69) is 34.3 Å². The first-order valence-corrected chi connectivity index (χ1v) is 7.92. The Morgan fingerprint density at radius 2 is 2.23 bits per heavy atom. The highest BCUT2D eigenvalue weighted by Crippen LogP contribution is 2.20. The Labute approximate surface area is 131 Å². The van der Waals surface area contributed by atoms with Crippen LogP contribution in [-0.4, -0.2) is 19.5 Å². The number of hydrogen-bond donors (Lipinski definition) is 1. The summed E-state index contributed by atoms with van der Waals surface area (Å²) in [6.07, 6.45) is 1.73. The van der Waals surface area contributed by atoms with Crippen LogP contribution in [0.1, 0.15) is 37.3 Å². The molecule has 1 atom stereocenters.